The Balaban J connectivity index is 1.78. The van der Waals surface area contributed by atoms with Gasteiger partial charge in [0.05, 0.1) is 6.61 Å². The molecule has 1 aliphatic rings. The highest BCUT2D eigenvalue weighted by molar-refractivity contribution is 7.00. The van der Waals surface area contributed by atoms with Crippen molar-refractivity contribution in [3.05, 3.63) is 59.7 Å². The summed E-state index contributed by atoms with van der Waals surface area (Å²) in [7, 11) is -1.77. The number of hydrogen-bond donors (Lipinski definition) is 1. The minimum absolute atomic E-state index is 0.125. The summed E-state index contributed by atoms with van der Waals surface area (Å²) in [6.07, 6.45) is 4.07. The van der Waals surface area contributed by atoms with Crippen molar-refractivity contribution in [2.75, 3.05) is 13.1 Å². The number of benzene rings is 2. The van der Waals surface area contributed by atoms with Crippen molar-refractivity contribution in [1.29, 1.82) is 0 Å². The van der Waals surface area contributed by atoms with Crippen molar-refractivity contribution in [2.45, 2.75) is 45.5 Å². The van der Waals surface area contributed by atoms with Gasteiger partial charge >= 0.3 is 0 Å². The summed E-state index contributed by atoms with van der Waals surface area (Å²) in [6, 6.07) is 17.6. The Morgan fingerprint density at radius 3 is 2.25 bits per heavy atom. The number of likely N-dealkylation sites (tertiary alicyclic amines) is 1. The third-order valence-corrected chi connectivity index (χ3v) is 9.00. The second-order valence-corrected chi connectivity index (χ2v) is 11.8. The molecule has 24 heavy (non-hydrogen) atoms. The van der Waals surface area contributed by atoms with Gasteiger partial charge in [0.25, 0.3) is 0 Å². The molecule has 0 atom stereocenters. The van der Waals surface area contributed by atoms with Gasteiger partial charge in [0.2, 0.25) is 0 Å². The van der Waals surface area contributed by atoms with Gasteiger partial charge < -0.3 is 5.11 Å². The van der Waals surface area contributed by atoms with Gasteiger partial charge in [0.1, 0.15) is 8.07 Å². The van der Waals surface area contributed by atoms with Crippen LogP contribution in [0.15, 0.2) is 48.5 Å². The minimum atomic E-state index is -1.77. The first-order chi connectivity index (χ1) is 11.6. The average molecular weight is 340 g/mol. The van der Waals surface area contributed by atoms with Crippen LogP contribution in [0.1, 0.15) is 30.4 Å². The molecule has 1 fully saturated rings. The minimum Gasteiger partial charge on any atom is -0.392 e. The molecule has 0 aliphatic carbocycles. The molecule has 0 aromatic heterocycles. The van der Waals surface area contributed by atoms with E-state index in [1.807, 2.05) is 6.07 Å². The summed E-state index contributed by atoms with van der Waals surface area (Å²) in [4.78, 5) is 2.57. The summed E-state index contributed by atoms with van der Waals surface area (Å²) < 4.78 is 0. The zero-order valence-electron chi connectivity index (χ0n) is 15.0. The SMILES string of the molecule is C[Si](C)(c1ccc(CN2CCCCC2)cc1)c1ccccc1CO. The highest BCUT2D eigenvalue weighted by Gasteiger charge is 2.28. The molecule has 3 heteroatoms. The summed E-state index contributed by atoms with van der Waals surface area (Å²) in [5.74, 6) is 0. The van der Waals surface area contributed by atoms with E-state index in [4.69, 9.17) is 0 Å². The van der Waals surface area contributed by atoms with Crippen LogP contribution in [0.2, 0.25) is 13.1 Å². The molecule has 1 heterocycles. The maximum absolute atomic E-state index is 9.67. The van der Waals surface area contributed by atoms with E-state index in [0.717, 1.165) is 12.1 Å². The Morgan fingerprint density at radius 2 is 1.58 bits per heavy atom. The van der Waals surface area contributed by atoms with Crippen LogP contribution in [0, 0.1) is 0 Å². The van der Waals surface area contributed by atoms with Gasteiger partial charge in [-0.25, -0.2) is 0 Å². The molecule has 1 N–H and O–H groups in total. The first kappa shape index (κ1) is 17.4. The predicted octanol–water partition coefficient (Wildman–Crippen LogP) is 2.99. The van der Waals surface area contributed by atoms with Gasteiger partial charge in [-0.3, -0.25) is 4.90 Å². The van der Waals surface area contributed by atoms with Crippen molar-refractivity contribution >= 4 is 18.4 Å². The predicted molar refractivity (Wildman–Crippen MR) is 105 cm³/mol. The molecule has 1 aliphatic heterocycles. The van der Waals surface area contributed by atoms with Gasteiger partial charge in [0.15, 0.2) is 0 Å². The van der Waals surface area contributed by atoms with Crippen molar-refractivity contribution in [3.8, 4) is 0 Å². The Labute approximate surface area is 147 Å². The van der Waals surface area contributed by atoms with Gasteiger partial charge in [-0.2, -0.15) is 0 Å². The molecule has 3 rings (SSSR count). The van der Waals surface area contributed by atoms with Crippen LogP contribution in [0.3, 0.4) is 0 Å². The lowest BCUT2D eigenvalue weighted by Crippen LogP contribution is -2.54. The number of piperidine rings is 1. The smallest absolute Gasteiger partial charge is 0.112 e. The molecule has 128 valence electrons. The second-order valence-electron chi connectivity index (χ2n) is 7.47. The fourth-order valence-electron chi connectivity index (χ4n) is 3.83. The van der Waals surface area contributed by atoms with Crippen LogP contribution in [-0.2, 0) is 13.2 Å². The normalized spacial score (nSPS) is 16.3. The molecule has 1 saturated heterocycles. The van der Waals surface area contributed by atoms with E-state index in [-0.39, 0.29) is 6.61 Å². The zero-order chi connectivity index (χ0) is 17.0. The lowest BCUT2D eigenvalue weighted by Gasteiger charge is -2.28. The van der Waals surface area contributed by atoms with Gasteiger partial charge in [0, 0.05) is 6.54 Å². The van der Waals surface area contributed by atoms with Crippen LogP contribution in [0.4, 0.5) is 0 Å². The van der Waals surface area contributed by atoms with E-state index >= 15 is 0 Å². The van der Waals surface area contributed by atoms with E-state index < -0.39 is 8.07 Å². The van der Waals surface area contributed by atoms with Crippen LogP contribution in [0.5, 0.6) is 0 Å². The standard InChI is InChI=1S/C21H29NOSi/c1-24(2,21-9-5-4-8-19(21)17-23)20-12-10-18(11-13-20)16-22-14-6-3-7-15-22/h4-5,8-13,23H,3,6-7,14-17H2,1-2H3. The van der Waals surface area contributed by atoms with Crippen molar-refractivity contribution < 1.29 is 5.11 Å². The molecule has 0 bridgehead atoms. The summed E-state index contributed by atoms with van der Waals surface area (Å²) in [5, 5.41) is 12.5. The molecule has 2 aromatic rings. The van der Waals surface area contributed by atoms with E-state index in [1.54, 1.807) is 0 Å². The largest absolute Gasteiger partial charge is 0.392 e. The average Bonchev–Trinajstić information content (AvgIpc) is 2.63. The summed E-state index contributed by atoms with van der Waals surface area (Å²) >= 11 is 0. The lowest BCUT2D eigenvalue weighted by atomic mass is 10.1. The molecule has 0 saturated carbocycles. The number of nitrogens with zero attached hydrogens (tertiary/aromatic N) is 1. The number of aliphatic hydroxyl groups excluding tert-OH is 1. The Bertz CT molecular complexity index is 660. The maximum Gasteiger partial charge on any atom is 0.112 e. The first-order valence-corrected chi connectivity index (χ1v) is 12.1. The number of rotatable bonds is 5. The monoisotopic (exact) mass is 339 g/mol. The molecule has 2 nitrogen and oxygen atoms in total. The molecule has 0 amide bonds. The summed E-state index contributed by atoms with van der Waals surface area (Å²) in [5.41, 5.74) is 2.49. The Morgan fingerprint density at radius 1 is 0.917 bits per heavy atom. The molecule has 2 aromatic carbocycles. The number of aliphatic hydroxyl groups is 1. The van der Waals surface area contributed by atoms with Crippen LogP contribution >= 0.6 is 0 Å². The third-order valence-electron chi connectivity index (χ3n) is 5.39. The Hall–Kier alpha value is -1.42. The van der Waals surface area contributed by atoms with Gasteiger partial charge in [-0.15, -0.1) is 0 Å². The summed E-state index contributed by atoms with van der Waals surface area (Å²) in [6.45, 7) is 8.44. The van der Waals surface area contributed by atoms with E-state index in [2.05, 4.69) is 60.5 Å². The third kappa shape index (κ3) is 3.80. The fourth-order valence-corrected chi connectivity index (χ4v) is 6.62. The zero-order valence-corrected chi connectivity index (χ0v) is 16.0. The van der Waals surface area contributed by atoms with E-state index in [0.29, 0.717) is 0 Å². The van der Waals surface area contributed by atoms with Crippen LogP contribution in [-0.4, -0.2) is 31.2 Å². The van der Waals surface area contributed by atoms with Crippen molar-refractivity contribution in [2.24, 2.45) is 0 Å². The quantitative estimate of drug-likeness (QED) is 0.847. The molecule has 0 spiro atoms. The maximum atomic E-state index is 9.67. The highest BCUT2D eigenvalue weighted by Crippen LogP contribution is 2.14. The Kier molecular flexibility index (Phi) is 5.54. The second kappa shape index (κ2) is 7.64. The van der Waals surface area contributed by atoms with Gasteiger partial charge in [-0.1, -0.05) is 73.2 Å². The lowest BCUT2D eigenvalue weighted by molar-refractivity contribution is 0.221. The first-order valence-electron chi connectivity index (χ1n) is 9.12. The van der Waals surface area contributed by atoms with Gasteiger partial charge in [-0.05, 0) is 42.2 Å². The van der Waals surface area contributed by atoms with Crippen molar-refractivity contribution in [1.82, 2.24) is 4.90 Å². The van der Waals surface area contributed by atoms with Crippen LogP contribution in [0.25, 0.3) is 0 Å². The van der Waals surface area contributed by atoms with Crippen LogP contribution < -0.4 is 10.4 Å². The van der Waals surface area contributed by atoms with E-state index in [1.165, 1.54) is 48.3 Å². The van der Waals surface area contributed by atoms with E-state index in [9.17, 15) is 5.11 Å². The topological polar surface area (TPSA) is 23.5 Å². The molecule has 0 unspecified atom stereocenters. The molecular formula is C21H29NOSi. The molecule has 0 radical (unpaired) electrons. The van der Waals surface area contributed by atoms with Crippen molar-refractivity contribution in [3.63, 3.8) is 0 Å². The fraction of sp³-hybridized carbons (Fsp3) is 0.429. The highest BCUT2D eigenvalue weighted by atomic mass is 28.3. The number of hydrogen-bond acceptors (Lipinski definition) is 2. The molecular weight excluding hydrogens is 310 g/mol.